The van der Waals surface area contributed by atoms with Crippen LogP contribution in [0.4, 0.5) is 0 Å². The average molecular weight is 319 g/mol. The molecular weight excluding hydrogens is 298 g/mol. The number of aryl methyl sites for hydroxylation is 1. The number of aromatic amines is 1. The van der Waals surface area contributed by atoms with Gasteiger partial charge in [-0.25, -0.2) is 0 Å². The van der Waals surface area contributed by atoms with E-state index >= 15 is 0 Å². The monoisotopic (exact) mass is 319 g/mol. The Hall–Kier alpha value is -2.95. The summed E-state index contributed by atoms with van der Waals surface area (Å²) in [5.41, 5.74) is 8.16. The fourth-order valence-corrected chi connectivity index (χ4v) is 3.15. The van der Waals surface area contributed by atoms with Gasteiger partial charge in [0.25, 0.3) is 0 Å². The van der Waals surface area contributed by atoms with E-state index in [0.717, 1.165) is 45.0 Å². The molecule has 0 unspecified atom stereocenters. The minimum absolute atomic E-state index is 0.682. The van der Waals surface area contributed by atoms with E-state index in [0.29, 0.717) is 6.54 Å². The molecule has 0 amide bonds. The van der Waals surface area contributed by atoms with E-state index in [1.54, 1.807) is 0 Å². The first kappa shape index (κ1) is 15.9. The summed E-state index contributed by atoms with van der Waals surface area (Å²) in [6.45, 7) is 6.80. The molecule has 0 fully saturated rings. The van der Waals surface area contributed by atoms with Crippen LogP contribution in [0.2, 0.25) is 0 Å². The maximum Gasteiger partial charge on any atom is 0.0822 e. The summed E-state index contributed by atoms with van der Waals surface area (Å²) in [5, 5.41) is 22.5. The maximum absolute atomic E-state index is 7.85. The second kappa shape index (κ2) is 6.28. The van der Waals surface area contributed by atoms with Crippen molar-refractivity contribution in [1.82, 2.24) is 14.8 Å². The minimum atomic E-state index is 0.682. The number of benzene rings is 1. The molecule has 0 bridgehead atoms. The fraction of sp³-hybridized carbons (Fsp3) is 0.211. The van der Waals surface area contributed by atoms with Crippen molar-refractivity contribution in [2.75, 3.05) is 0 Å². The number of nitrogens with one attached hydrogen (secondary N) is 3. The number of hydrogen-bond acceptors (Lipinski definition) is 3. The highest BCUT2D eigenvalue weighted by Crippen LogP contribution is 2.32. The molecule has 0 spiro atoms. The molecule has 1 aromatic carbocycles. The predicted octanol–water partition coefficient (Wildman–Crippen LogP) is 3.85. The lowest BCUT2D eigenvalue weighted by Crippen LogP contribution is -2.04. The summed E-state index contributed by atoms with van der Waals surface area (Å²) < 4.78 is 2.20. The normalized spacial score (nSPS) is 10.8. The standard InChI is InChI=1S/C19H21N5/c1-12-8-17(23-22-12)11-24-13(2)18(10-21)19(14(24)3)16-6-4-15(9-20)5-7-16/h4-10,20-21H,11H2,1-3H3,(H,22,23). The third-order valence-electron chi connectivity index (χ3n) is 4.42. The molecule has 0 aliphatic rings. The van der Waals surface area contributed by atoms with Gasteiger partial charge in [0.05, 0.1) is 12.2 Å². The van der Waals surface area contributed by atoms with Gasteiger partial charge in [0.15, 0.2) is 0 Å². The number of hydrogen-bond donors (Lipinski definition) is 3. The molecule has 122 valence electrons. The molecule has 2 aromatic heterocycles. The Kier molecular flexibility index (Phi) is 4.16. The summed E-state index contributed by atoms with van der Waals surface area (Å²) in [6.07, 6.45) is 2.76. The first-order chi connectivity index (χ1) is 11.5. The van der Waals surface area contributed by atoms with Crippen molar-refractivity contribution in [1.29, 1.82) is 10.8 Å². The van der Waals surface area contributed by atoms with Crippen molar-refractivity contribution in [3.63, 3.8) is 0 Å². The average Bonchev–Trinajstić information content (AvgIpc) is 3.10. The van der Waals surface area contributed by atoms with Gasteiger partial charge in [-0.2, -0.15) is 5.10 Å². The maximum atomic E-state index is 7.85. The van der Waals surface area contributed by atoms with Crippen LogP contribution in [0, 0.1) is 31.6 Å². The van der Waals surface area contributed by atoms with Crippen LogP contribution in [0.25, 0.3) is 11.1 Å². The van der Waals surface area contributed by atoms with E-state index in [1.165, 1.54) is 12.4 Å². The zero-order chi connectivity index (χ0) is 17.3. The Bertz CT molecular complexity index is 897. The Balaban J connectivity index is 2.10. The van der Waals surface area contributed by atoms with Crippen molar-refractivity contribution < 1.29 is 0 Å². The van der Waals surface area contributed by atoms with E-state index in [2.05, 4.69) is 21.7 Å². The van der Waals surface area contributed by atoms with Gasteiger partial charge in [0.2, 0.25) is 0 Å². The Morgan fingerprint density at radius 3 is 2.29 bits per heavy atom. The van der Waals surface area contributed by atoms with Crippen molar-refractivity contribution in [2.45, 2.75) is 27.3 Å². The van der Waals surface area contributed by atoms with Crippen LogP contribution in [-0.2, 0) is 6.54 Å². The topological polar surface area (TPSA) is 81.3 Å². The van der Waals surface area contributed by atoms with Crippen LogP contribution >= 0.6 is 0 Å². The summed E-state index contributed by atoms with van der Waals surface area (Å²) in [6, 6.07) is 9.93. The van der Waals surface area contributed by atoms with Crippen LogP contribution in [0.3, 0.4) is 0 Å². The highest BCUT2D eigenvalue weighted by Gasteiger charge is 2.18. The third kappa shape index (κ3) is 2.69. The molecule has 3 N–H and O–H groups in total. The van der Waals surface area contributed by atoms with Crippen molar-refractivity contribution in [2.24, 2.45) is 0 Å². The van der Waals surface area contributed by atoms with Gasteiger partial charge in [0, 0.05) is 40.6 Å². The predicted molar refractivity (Wildman–Crippen MR) is 97.5 cm³/mol. The zero-order valence-electron chi connectivity index (χ0n) is 14.1. The van der Waals surface area contributed by atoms with Gasteiger partial charge < -0.3 is 15.4 Å². The molecule has 0 saturated heterocycles. The molecule has 0 aliphatic carbocycles. The molecule has 0 atom stereocenters. The highest BCUT2D eigenvalue weighted by atomic mass is 15.1. The van der Waals surface area contributed by atoms with E-state index in [9.17, 15) is 0 Å². The van der Waals surface area contributed by atoms with E-state index in [4.69, 9.17) is 10.8 Å². The Labute approximate surface area is 141 Å². The molecular formula is C19H21N5. The molecule has 3 aromatic rings. The number of rotatable bonds is 5. The quantitative estimate of drug-likeness (QED) is 0.613. The molecule has 0 saturated carbocycles. The summed E-state index contributed by atoms with van der Waals surface area (Å²) >= 11 is 0. The minimum Gasteiger partial charge on any atom is -0.342 e. The van der Waals surface area contributed by atoms with Gasteiger partial charge >= 0.3 is 0 Å². The van der Waals surface area contributed by atoms with Crippen LogP contribution in [-0.4, -0.2) is 27.2 Å². The van der Waals surface area contributed by atoms with Crippen molar-refractivity contribution in [3.8, 4) is 11.1 Å². The van der Waals surface area contributed by atoms with Gasteiger partial charge in [-0.3, -0.25) is 5.10 Å². The second-order valence-electron chi connectivity index (χ2n) is 6.00. The van der Waals surface area contributed by atoms with Crippen LogP contribution < -0.4 is 0 Å². The zero-order valence-corrected chi connectivity index (χ0v) is 14.1. The molecule has 3 rings (SSSR count). The van der Waals surface area contributed by atoms with Gasteiger partial charge in [-0.05, 0) is 38.0 Å². The SMILES string of the molecule is Cc1cc(Cn2c(C)c(C=N)c(-c3ccc(C=N)cc3)c2C)n[nH]1. The largest absolute Gasteiger partial charge is 0.342 e. The van der Waals surface area contributed by atoms with Crippen LogP contribution in [0.5, 0.6) is 0 Å². The summed E-state index contributed by atoms with van der Waals surface area (Å²) in [7, 11) is 0. The molecule has 2 heterocycles. The van der Waals surface area contributed by atoms with Crippen molar-refractivity contribution >= 4 is 12.4 Å². The van der Waals surface area contributed by atoms with E-state index < -0.39 is 0 Å². The van der Waals surface area contributed by atoms with Gasteiger partial charge in [0.1, 0.15) is 0 Å². The highest BCUT2D eigenvalue weighted by molar-refractivity contribution is 5.92. The van der Waals surface area contributed by atoms with Crippen LogP contribution in [0.15, 0.2) is 30.3 Å². The molecule has 24 heavy (non-hydrogen) atoms. The van der Waals surface area contributed by atoms with Crippen LogP contribution in [0.1, 0.15) is 33.9 Å². The molecule has 0 radical (unpaired) electrons. The van der Waals surface area contributed by atoms with Gasteiger partial charge in [-0.15, -0.1) is 0 Å². The van der Waals surface area contributed by atoms with E-state index in [1.807, 2.05) is 44.2 Å². The van der Waals surface area contributed by atoms with Gasteiger partial charge in [-0.1, -0.05) is 24.3 Å². The number of aromatic nitrogens is 3. The van der Waals surface area contributed by atoms with E-state index in [-0.39, 0.29) is 0 Å². The Morgan fingerprint density at radius 1 is 1.04 bits per heavy atom. The first-order valence-corrected chi connectivity index (χ1v) is 7.87. The summed E-state index contributed by atoms with van der Waals surface area (Å²) in [5.74, 6) is 0. The lowest BCUT2D eigenvalue weighted by Gasteiger charge is -2.08. The molecule has 5 heteroatoms. The Morgan fingerprint density at radius 2 is 1.75 bits per heavy atom. The van der Waals surface area contributed by atoms with Crippen molar-refractivity contribution in [3.05, 3.63) is 64.2 Å². The second-order valence-corrected chi connectivity index (χ2v) is 6.00. The number of nitrogens with zero attached hydrogens (tertiary/aromatic N) is 2. The smallest absolute Gasteiger partial charge is 0.0822 e. The third-order valence-corrected chi connectivity index (χ3v) is 4.42. The number of H-pyrrole nitrogens is 1. The molecule has 0 aliphatic heterocycles. The summed E-state index contributed by atoms with van der Waals surface area (Å²) in [4.78, 5) is 0. The first-order valence-electron chi connectivity index (χ1n) is 7.87. The fourth-order valence-electron chi connectivity index (χ4n) is 3.15. The molecule has 5 nitrogen and oxygen atoms in total. The lowest BCUT2D eigenvalue weighted by atomic mass is 10.00. The lowest BCUT2D eigenvalue weighted by molar-refractivity contribution is 0.727.